The molecular formula is C6H4F2INO. The monoisotopic (exact) mass is 271 g/mol. The normalized spacial score (nSPS) is 9.73. The molecule has 5 heteroatoms. The molecule has 0 unspecified atom stereocenters. The summed E-state index contributed by atoms with van der Waals surface area (Å²) in [5.74, 6) is -0.942. The van der Waals surface area contributed by atoms with Crippen molar-refractivity contribution in [2.45, 2.75) is 0 Å². The average Bonchev–Trinajstić information content (AvgIpc) is 1.95. The minimum absolute atomic E-state index is 0.298. The molecule has 0 aliphatic heterocycles. The van der Waals surface area contributed by atoms with Crippen LogP contribution in [0.2, 0.25) is 0 Å². The van der Waals surface area contributed by atoms with Gasteiger partial charge < -0.3 is 4.74 Å². The van der Waals surface area contributed by atoms with E-state index >= 15 is 0 Å². The molecule has 0 N–H and O–H groups in total. The number of nitrogens with zero attached hydrogens (tertiary/aromatic N) is 1. The van der Waals surface area contributed by atoms with Gasteiger partial charge in [-0.2, -0.15) is 0 Å². The van der Waals surface area contributed by atoms with Crippen LogP contribution < -0.4 is 4.74 Å². The molecule has 0 saturated carbocycles. The standard InChI is InChI=1S/C6H4F2INO/c7-3-11-6-5(8)1-4(9)2-10-6/h1-2H,3H2. The zero-order valence-electron chi connectivity index (χ0n) is 5.35. The Kier molecular flexibility index (Phi) is 2.98. The van der Waals surface area contributed by atoms with E-state index in [1.165, 1.54) is 12.3 Å². The maximum absolute atomic E-state index is 12.7. The van der Waals surface area contributed by atoms with Crippen molar-refractivity contribution in [1.82, 2.24) is 4.98 Å². The van der Waals surface area contributed by atoms with Crippen LogP contribution in [0, 0.1) is 9.39 Å². The molecule has 1 aromatic heterocycles. The number of hydrogen-bond acceptors (Lipinski definition) is 2. The molecule has 1 heterocycles. The number of alkyl halides is 1. The fraction of sp³-hybridized carbons (Fsp3) is 0.167. The van der Waals surface area contributed by atoms with Crippen LogP contribution in [0.1, 0.15) is 0 Å². The van der Waals surface area contributed by atoms with E-state index in [1.807, 2.05) is 22.6 Å². The van der Waals surface area contributed by atoms with Crippen LogP contribution in [0.4, 0.5) is 8.78 Å². The number of rotatable bonds is 2. The number of ether oxygens (including phenoxy) is 1. The van der Waals surface area contributed by atoms with Gasteiger partial charge >= 0.3 is 0 Å². The Bertz CT molecular complexity index is 256. The number of hydrogen-bond donors (Lipinski definition) is 0. The maximum Gasteiger partial charge on any atom is 0.252 e. The summed E-state index contributed by atoms with van der Waals surface area (Å²) in [6, 6.07) is 1.22. The molecule has 11 heavy (non-hydrogen) atoms. The van der Waals surface area contributed by atoms with Crippen LogP contribution in [0.5, 0.6) is 5.88 Å². The highest BCUT2D eigenvalue weighted by Crippen LogP contribution is 2.15. The Morgan fingerprint density at radius 3 is 2.91 bits per heavy atom. The van der Waals surface area contributed by atoms with Gasteiger partial charge in [0.2, 0.25) is 6.86 Å². The van der Waals surface area contributed by atoms with Gasteiger partial charge in [0.1, 0.15) is 0 Å². The van der Waals surface area contributed by atoms with Crippen molar-refractivity contribution >= 4 is 22.6 Å². The van der Waals surface area contributed by atoms with Gasteiger partial charge in [-0.25, -0.2) is 13.8 Å². The van der Waals surface area contributed by atoms with E-state index in [2.05, 4.69) is 9.72 Å². The second-order valence-corrected chi connectivity index (χ2v) is 2.94. The summed E-state index contributed by atoms with van der Waals surface area (Å²) in [6.07, 6.45) is 1.40. The smallest absolute Gasteiger partial charge is 0.252 e. The van der Waals surface area contributed by atoms with Gasteiger partial charge in [-0.05, 0) is 28.7 Å². The van der Waals surface area contributed by atoms with Gasteiger partial charge in [0, 0.05) is 9.77 Å². The molecule has 0 amide bonds. The minimum atomic E-state index is -1.06. The quantitative estimate of drug-likeness (QED) is 0.769. The second kappa shape index (κ2) is 3.80. The minimum Gasteiger partial charge on any atom is -0.444 e. The second-order valence-electron chi connectivity index (χ2n) is 1.69. The van der Waals surface area contributed by atoms with Crippen LogP contribution in [-0.4, -0.2) is 11.8 Å². The van der Waals surface area contributed by atoms with E-state index in [1.54, 1.807) is 0 Å². The van der Waals surface area contributed by atoms with Crippen molar-refractivity contribution in [3.05, 3.63) is 21.7 Å². The molecule has 0 spiro atoms. The van der Waals surface area contributed by atoms with E-state index in [9.17, 15) is 8.78 Å². The Balaban J connectivity index is 2.90. The summed E-state index contributed by atoms with van der Waals surface area (Å²) in [7, 11) is 0. The SMILES string of the molecule is FCOc1ncc(I)cc1F. The molecule has 1 aromatic rings. The number of aromatic nitrogens is 1. The van der Waals surface area contributed by atoms with E-state index in [-0.39, 0.29) is 5.88 Å². The van der Waals surface area contributed by atoms with Crippen molar-refractivity contribution in [1.29, 1.82) is 0 Å². The Hall–Kier alpha value is -0.460. The van der Waals surface area contributed by atoms with Gasteiger partial charge in [-0.1, -0.05) is 0 Å². The molecule has 0 bridgehead atoms. The lowest BCUT2D eigenvalue weighted by Crippen LogP contribution is -1.96. The van der Waals surface area contributed by atoms with Gasteiger partial charge in [0.15, 0.2) is 5.82 Å². The predicted molar refractivity (Wildman–Crippen MR) is 43.5 cm³/mol. The molecule has 0 aliphatic carbocycles. The van der Waals surface area contributed by atoms with Crippen molar-refractivity contribution in [2.24, 2.45) is 0 Å². The molecule has 0 aromatic carbocycles. The first-order chi connectivity index (χ1) is 5.24. The maximum atomic E-state index is 12.7. The Labute approximate surface area is 75.7 Å². The largest absolute Gasteiger partial charge is 0.444 e. The molecule has 0 aliphatic rings. The zero-order valence-corrected chi connectivity index (χ0v) is 7.51. The van der Waals surface area contributed by atoms with E-state index in [0.29, 0.717) is 3.57 Å². The van der Waals surface area contributed by atoms with Gasteiger partial charge in [0.25, 0.3) is 5.88 Å². The van der Waals surface area contributed by atoms with Crippen molar-refractivity contribution < 1.29 is 13.5 Å². The van der Waals surface area contributed by atoms with E-state index in [4.69, 9.17) is 0 Å². The highest BCUT2D eigenvalue weighted by Gasteiger charge is 2.03. The topological polar surface area (TPSA) is 22.1 Å². The molecule has 0 fully saturated rings. The average molecular weight is 271 g/mol. The summed E-state index contributed by atoms with van der Waals surface area (Å²) < 4.78 is 29.1. The third-order valence-corrected chi connectivity index (χ3v) is 1.56. The Morgan fingerprint density at radius 1 is 1.64 bits per heavy atom. The lowest BCUT2D eigenvalue weighted by atomic mass is 10.5. The first kappa shape index (κ1) is 8.63. The van der Waals surface area contributed by atoms with Gasteiger partial charge in [-0.3, -0.25) is 0 Å². The van der Waals surface area contributed by atoms with Crippen LogP contribution in [0.3, 0.4) is 0 Å². The summed E-state index contributed by atoms with van der Waals surface area (Å²) in [6.45, 7) is -1.06. The zero-order chi connectivity index (χ0) is 8.27. The van der Waals surface area contributed by atoms with Crippen LogP contribution in [0.25, 0.3) is 0 Å². The van der Waals surface area contributed by atoms with Gasteiger partial charge in [-0.15, -0.1) is 0 Å². The van der Waals surface area contributed by atoms with E-state index < -0.39 is 12.7 Å². The first-order valence-electron chi connectivity index (χ1n) is 2.74. The molecule has 0 atom stereocenters. The van der Waals surface area contributed by atoms with Crippen LogP contribution >= 0.6 is 22.6 Å². The fourth-order valence-corrected chi connectivity index (χ4v) is 0.973. The molecule has 0 radical (unpaired) electrons. The van der Waals surface area contributed by atoms with Crippen molar-refractivity contribution in [2.75, 3.05) is 6.86 Å². The molecular weight excluding hydrogens is 267 g/mol. The first-order valence-corrected chi connectivity index (χ1v) is 3.81. The lowest BCUT2D eigenvalue weighted by molar-refractivity contribution is 0.176. The van der Waals surface area contributed by atoms with Crippen LogP contribution in [0.15, 0.2) is 12.3 Å². The lowest BCUT2D eigenvalue weighted by Gasteiger charge is -2.00. The molecule has 0 saturated heterocycles. The third kappa shape index (κ3) is 2.25. The van der Waals surface area contributed by atoms with Crippen molar-refractivity contribution in [3.8, 4) is 5.88 Å². The third-order valence-electron chi connectivity index (χ3n) is 0.965. The highest BCUT2D eigenvalue weighted by atomic mass is 127. The highest BCUT2D eigenvalue weighted by molar-refractivity contribution is 14.1. The van der Waals surface area contributed by atoms with Crippen molar-refractivity contribution in [3.63, 3.8) is 0 Å². The number of pyridine rings is 1. The molecule has 60 valence electrons. The van der Waals surface area contributed by atoms with Crippen LogP contribution in [-0.2, 0) is 0 Å². The summed E-state index contributed by atoms with van der Waals surface area (Å²) in [5, 5.41) is 0. The Morgan fingerprint density at radius 2 is 2.36 bits per heavy atom. The predicted octanol–water partition coefficient (Wildman–Crippen LogP) is 2.13. The summed E-state index contributed by atoms with van der Waals surface area (Å²) >= 11 is 1.90. The fourth-order valence-electron chi connectivity index (χ4n) is 0.560. The summed E-state index contributed by atoms with van der Waals surface area (Å²) in [5.41, 5.74) is 0. The number of halogens is 3. The van der Waals surface area contributed by atoms with Gasteiger partial charge in [0.05, 0.1) is 0 Å². The molecule has 1 rings (SSSR count). The van der Waals surface area contributed by atoms with E-state index in [0.717, 1.165) is 0 Å². The molecule has 2 nitrogen and oxygen atoms in total. The summed E-state index contributed by atoms with van der Waals surface area (Å²) in [4.78, 5) is 3.52.